The lowest BCUT2D eigenvalue weighted by molar-refractivity contribution is -0.117. The molecule has 4 rings (SSSR count). The molecule has 0 aliphatic heterocycles. The molecule has 1 saturated carbocycles. The number of carbonyl (C=O) groups excluding carboxylic acids is 2. The number of Topliss-reactive ketones (excluding diaryl/α,β-unsaturated/α-hetero) is 1. The molecule has 1 atom stereocenters. The monoisotopic (exact) mass is 546 g/mol. The summed E-state index contributed by atoms with van der Waals surface area (Å²) in [6.07, 6.45) is 3.88. The van der Waals surface area contributed by atoms with Crippen LogP contribution in [0.4, 0.5) is 4.39 Å². The van der Waals surface area contributed by atoms with Crippen molar-refractivity contribution in [3.63, 3.8) is 0 Å². The Kier molecular flexibility index (Phi) is 9.36. The summed E-state index contributed by atoms with van der Waals surface area (Å²) >= 11 is 0. The number of rotatable bonds is 12. The number of esters is 1. The standard InChI is InChI=1S/C33H39FN2O4/c1-7-36(20(2)3)19-25-16-27(21(4)13-29(25)30-17-32(39-6)35-18-31(30)34)33(38)40-26-10-8-9-24(15-26)28(14-22(5)37)23-11-12-23/h8-10,13,15-18,20,23,28H,7,11-12,14,19H2,1-6H3/t28-/m0/s1. The number of carbonyl (C=O) groups is 2. The maximum atomic E-state index is 15.0. The van der Waals surface area contributed by atoms with E-state index < -0.39 is 11.8 Å². The van der Waals surface area contributed by atoms with Crippen molar-refractivity contribution in [2.75, 3.05) is 13.7 Å². The van der Waals surface area contributed by atoms with Gasteiger partial charge in [-0.2, -0.15) is 0 Å². The third-order valence-electron chi connectivity index (χ3n) is 7.70. The van der Waals surface area contributed by atoms with E-state index in [4.69, 9.17) is 9.47 Å². The zero-order chi connectivity index (χ0) is 29.0. The summed E-state index contributed by atoms with van der Waals surface area (Å²) in [5, 5.41) is 0. The first-order valence-electron chi connectivity index (χ1n) is 14.0. The van der Waals surface area contributed by atoms with Gasteiger partial charge in [0.25, 0.3) is 0 Å². The lowest BCUT2D eigenvalue weighted by Gasteiger charge is -2.26. The summed E-state index contributed by atoms with van der Waals surface area (Å²) in [5.74, 6) is 0.634. The van der Waals surface area contributed by atoms with Crippen LogP contribution in [0.5, 0.6) is 11.6 Å². The van der Waals surface area contributed by atoms with E-state index in [2.05, 4.69) is 30.7 Å². The molecule has 0 radical (unpaired) electrons. The van der Waals surface area contributed by atoms with E-state index in [1.54, 1.807) is 19.1 Å². The van der Waals surface area contributed by atoms with Gasteiger partial charge < -0.3 is 14.3 Å². The number of halogens is 1. The smallest absolute Gasteiger partial charge is 0.343 e. The molecule has 0 spiro atoms. The van der Waals surface area contributed by atoms with Crippen LogP contribution in [-0.4, -0.2) is 41.3 Å². The molecule has 0 unspecified atom stereocenters. The Bertz CT molecular complexity index is 1380. The van der Waals surface area contributed by atoms with E-state index in [-0.39, 0.29) is 17.7 Å². The van der Waals surface area contributed by atoms with E-state index >= 15 is 4.39 Å². The molecular formula is C33H39FN2O4. The molecule has 1 aliphatic carbocycles. The summed E-state index contributed by atoms with van der Waals surface area (Å²) < 4.78 is 26.2. The minimum absolute atomic E-state index is 0.145. The van der Waals surface area contributed by atoms with Crippen LogP contribution in [0.25, 0.3) is 11.1 Å². The molecule has 0 bridgehead atoms. The van der Waals surface area contributed by atoms with Crippen LogP contribution in [0.2, 0.25) is 0 Å². The number of pyridine rings is 1. The van der Waals surface area contributed by atoms with Crippen LogP contribution in [0.3, 0.4) is 0 Å². The SMILES string of the molecule is CCN(Cc1cc(C(=O)Oc2cccc([C@@H](CC(C)=O)C3CC3)c2)c(C)cc1-c1cc(OC)ncc1F)C(C)C. The quantitative estimate of drug-likeness (QED) is 0.178. The molecule has 0 saturated heterocycles. The second-order valence-electron chi connectivity index (χ2n) is 11.0. The Morgan fingerprint density at radius 1 is 1.12 bits per heavy atom. The first-order chi connectivity index (χ1) is 19.1. The molecule has 0 N–H and O–H groups in total. The van der Waals surface area contributed by atoms with Crippen molar-refractivity contribution in [2.24, 2.45) is 5.92 Å². The number of benzene rings is 2. The van der Waals surface area contributed by atoms with Crippen molar-refractivity contribution in [3.8, 4) is 22.8 Å². The molecule has 7 heteroatoms. The van der Waals surface area contributed by atoms with Gasteiger partial charge in [0.1, 0.15) is 17.3 Å². The maximum absolute atomic E-state index is 15.0. The second-order valence-corrected chi connectivity index (χ2v) is 11.0. The first kappa shape index (κ1) is 29.4. The Morgan fingerprint density at radius 3 is 2.50 bits per heavy atom. The lowest BCUT2D eigenvalue weighted by Crippen LogP contribution is -2.30. The molecule has 1 aliphatic rings. The fourth-order valence-electron chi connectivity index (χ4n) is 5.31. The van der Waals surface area contributed by atoms with E-state index in [1.165, 1.54) is 7.11 Å². The van der Waals surface area contributed by atoms with Crippen molar-refractivity contribution in [1.29, 1.82) is 0 Å². The van der Waals surface area contributed by atoms with Crippen LogP contribution >= 0.6 is 0 Å². The number of aromatic nitrogens is 1. The highest BCUT2D eigenvalue weighted by Crippen LogP contribution is 2.45. The summed E-state index contributed by atoms with van der Waals surface area (Å²) in [6.45, 7) is 11.1. The first-order valence-corrected chi connectivity index (χ1v) is 14.0. The van der Waals surface area contributed by atoms with Crippen LogP contribution < -0.4 is 9.47 Å². The number of ketones is 1. The minimum atomic E-state index is -0.475. The van der Waals surface area contributed by atoms with Gasteiger partial charge in [0.05, 0.1) is 18.9 Å². The van der Waals surface area contributed by atoms with E-state index in [0.29, 0.717) is 52.8 Å². The molecule has 3 aromatic rings. The molecule has 40 heavy (non-hydrogen) atoms. The molecule has 6 nitrogen and oxygen atoms in total. The predicted octanol–water partition coefficient (Wildman–Crippen LogP) is 7.13. The summed E-state index contributed by atoms with van der Waals surface area (Å²) in [4.78, 5) is 31.6. The van der Waals surface area contributed by atoms with Gasteiger partial charge in [-0.1, -0.05) is 25.1 Å². The van der Waals surface area contributed by atoms with Gasteiger partial charge in [-0.25, -0.2) is 14.2 Å². The zero-order valence-electron chi connectivity index (χ0n) is 24.3. The van der Waals surface area contributed by atoms with Crippen LogP contribution in [0, 0.1) is 18.7 Å². The number of nitrogens with zero attached hydrogens (tertiary/aromatic N) is 2. The van der Waals surface area contributed by atoms with Crippen molar-refractivity contribution >= 4 is 11.8 Å². The van der Waals surface area contributed by atoms with Crippen molar-refractivity contribution in [1.82, 2.24) is 9.88 Å². The lowest BCUT2D eigenvalue weighted by atomic mass is 9.89. The summed E-state index contributed by atoms with van der Waals surface area (Å²) in [6, 6.07) is 13.0. The largest absolute Gasteiger partial charge is 0.481 e. The molecule has 1 aromatic heterocycles. The highest BCUT2D eigenvalue weighted by atomic mass is 19.1. The third kappa shape index (κ3) is 6.94. The van der Waals surface area contributed by atoms with E-state index in [1.807, 2.05) is 37.3 Å². The van der Waals surface area contributed by atoms with Gasteiger partial charge in [0.2, 0.25) is 5.88 Å². The highest BCUT2D eigenvalue weighted by Gasteiger charge is 2.33. The number of aryl methyl sites for hydroxylation is 1. The van der Waals surface area contributed by atoms with Gasteiger partial charge in [-0.05, 0) is 99.4 Å². The average Bonchev–Trinajstić information content (AvgIpc) is 3.76. The van der Waals surface area contributed by atoms with Crippen molar-refractivity contribution < 1.29 is 23.5 Å². The average molecular weight is 547 g/mol. The Balaban J connectivity index is 1.70. The maximum Gasteiger partial charge on any atom is 0.343 e. The normalized spacial score (nSPS) is 13.9. The molecule has 1 heterocycles. The fourth-order valence-corrected chi connectivity index (χ4v) is 5.31. The van der Waals surface area contributed by atoms with Gasteiger partial charge in [0.15, 0.2) is 0 Å². The van der Waals surface area contributed by atoms with Gasteiger partial charge in [-0.3, -0.25) is 4.90 Å². The minimum Gasteiger partial charge on any atom is -0.481 e. The predicted molar refractivity (Wildman–Crippen MR) is 154 cm³/mol. The molecule has 212 valence electrons. The number of ether oxygens (including phenoxy) is 2. The summed E-state index contributed by atoms with van der Waals surface area (Å²) in [5.41, 5.74) is 3.99. The Morgan fingerprint density at radius 2 is 1.88 bits per heavy atom. The topological polar surface area (TPSA) is 68.7 Å². The molecule has 1 fully saturated rings. The highest BCUT2D eigenvalue weighted by molar-refractivity contribution is 5.94. The van der Waals surface area contributed by atoms with Gasteiger partial charge >= 0.3 is 5.97 Å². The van der Waals surface area contributed by atoms with Crippen LogP contribution in [0.15, 0.2) is 48.7 Å². The van der Waals surface area contributed by atoms with Gasteiger partial charge in [0, 0.05) is 30.6 Å². The molecular weight excluding hydrogens is 507 g/mol. The van der Waals surface area contributed by atoms with Crippen molar-refractivity contribution in [2.45, 2.75) is 72.4 Å². The summed E-state index contributed by atoms with van der Waals surface area (Å²) in [7, 11) is 1.49. The zero-order valence-corrected chi connectivity index (χ0v) is 24.3. The van der Waals surface area contributed by atoms with Crippen LogP contribution in [-0.2, 0) is 11.3 Å². The second kappa shape index (κ2) is 12.7. The van der Waals surface area contributed by atoms with Crippen molar-refractivity contribution in [3.05, 3.63) is 76.7 Å². The van der Waals surface area contributed by atoms with E-state index in [0.717, 1.165) is 36.7 Å². The van der Waals surface area contributed by atoms with E-state index in [9.17, 15) is 9.59 Å². The Hall–Kier alpha value is -3.58. The number of hydrogen-bond donors (Lipinski definition) is 0. The number of hydrogen-bond acceptors (Lipinski definition) is 6. The third-order valence-corrected chi connectivity index (χ3v) is 7.70. The van der Waals surface area contributed by atoms with Crippen LogP contribution in [0.1, 0.15) is 79.9 Å². The Labute approximate surface area is 236 Å². The molecule has 0 amide bonds. The number of methoxy groups -OCH3 is 1. The molecule has 2 aromatic carbocycles. The van der Waals surface area contributed by atoms with Gasteiger partial charge in [-0.15, -0.1) is 0 Å². The fraction of sp³-hybridized carbons (Fsp3) is 0.424.